The molecule has 6 heteroatoms. The Labute approximate surface area is 122 Å². The molecule has 1 aliphatic rings. The Hall–Kier alpha value is -2.21. The minimum Gasteiger partial charge on any atom is -0.312 e. The number of nitro groups is 1. The highest BCUT2D eigenvalue weighted by Gasteiger charge is 2.21. The first-order valence-electron chi connectivity index (χ1n) is 7.17. The van der Waals surface area contributed by atoms with E-state index in [1.807, 2.05) is 10.7 Å². The Balaban J connectivity index is 2.15. The molecule has 0 fully saturated rings. The molecule has 0 spiro atoms. The summed E-state index contributed by atoms with van der Waals surface area (Å²) >= 11 is 0. The first-order chi connectivity index (χ1) is 10.1. The van der Waals surface area contributed by atoms with Gasteiger partial charge in [0.05, 0.1) is 22.0 Å². The normalized spacial score (nSPS) is 14.0. The maximum absolute atomic E-state index is 11.1. The van der Waals surface area contributed by atoms with Gasteiger partial charge >= 0.3 is 0 Å². The fourth-order valence-electron chi connectivity index (χ4n) is 2.84. The maximum atomic E-state index is 11.1. The minimum absolute atomic E-state index is 0.142. The van der Waals surface area contributed by atoms with Crippen molar-refractivity contribution in [3.05, 3.63) is 50.8 Å². The molecule has 0 saturated heterocycles. The van der Waals surface area contributed by atoms with Gasteiger partial charge in [-0.05, 0) is 19.4 Å². The molecule has 1 aromatic heterocycles. The summed E-state index contributed by atoms with van der Waals surface area (Å²) in [5.74, 6) is 0. The molecule has 0 bridgehead atoms. The maximum Gasteiger partial charge on any atom is 0.274 e. The van der Waals surface area contributed by atoms with Gasteiger partial charge < -0.3 is 5.32 Å². The van der Waals surface area contributed by atoms with Crippen LogP contribution in [0.25, 0.3) is 5.69 Å². The number of nitrogens with one attached hydrogen (secondary N) is 1. The number of nitrogens with zero attached hydrogens (tertiary/aromatic N) is 3. The molecule has 0 radical (unpaired) electrons. The average molecular weight is 286 g/mol. The van der Waals surface area contributed by atoms with Crippen LogP contribution < -0.4 is 5.32 Å². The fourth-order valence-corrected chi connectivity index (χ4v) is 2.84. The third-order valence-electron chi connectivity index (χ3n) is 3.98. The number of hydrogen-bond donors (Lipinski definition) is 1. The monoisotopic (exact) mass is 286 g/mol. The third kappa shape index (κ3) is 2.31. The van der Waals surface area contributed by atoms with E-state index in [4.69, 9.17) is 0 Å². The summed E-state index contributed by atoms with van der Waals surface area (Å²) in [5.41, 5.74) is 5.06. The Morgan fingerprint density at radius 1 is 1.48 bits per heavy atom. The van der Waals surface area contributed by atoms with Crippen LogP contribution in [0.4, 0.5) is 5.69 Å². The number of aryl methyl sites for hydroxylation is 2. The van der Waals surface area contributed by atoms with Gasteiger partial charge in [-0.15, -0.1) is 0 Å². The molecule has 1 aliphatic heterocycles. The zero-order valence-corrected chi connectivity index (χ0v) is 12.2. The topological polar surface area (TPSA) is 73.0 Å². The van der Waals surface area contributed by atoms with Gasteiger partial charge in [0.1, 0.15) is 0 Å². The van der Waals surface area contributed by atoms with E-state index < -0.39 is 0 Å². The lowest BCUT2D eigenvalue weighted by Crippen LogP contribution is -2.25. The molecule has 6 nitrogen and oxygen atoms in total. The molecule has 2 heterocycles. The molecule has 0 atom stereocenters. The van der Waals surface area contributed by atoms with Crippen LogP contribution in [-0.2, 0) is 19.4 Å². The second-order valence-corrected chi connectivity index (χ2v) is 5.29. The summed E-state index contributed by atoms with van der Waals surface area (Å²) in [6, 6.07) is 5.30. The van der Waals surface area contributed by atoms with Crippen LogP contribution in [0.1, 0.15) is 29.4 Å². The third-order valence-corrected chi connectivity index (χ3v) is 3.98. The van der Waals surface area contributed by atoms with Crippen molar-refractivity contribution in [2.45, 2.75) is 33.2 Å². The second-order valence-electron chi connectivity index (χ2n) is 5.29. The van der Waals surface area contributed by atoms with Crippen molar-refractivity contribution in [3.63, 3.8) is 0 Å². The molecule has 1 N–H and O–H groups in total. The number of benzene rings is 1. The van der Waals surface area contributed by atoms with E-state index in [9.17, 15) is 10.1 Å². The summed E-state index contributed by atoms with van der Waals surface area (Å²) < 4.78 is 1.88. The predicted octanol–water partition coefficient (Wildman–Crippen LogP) is 2.30. The van der Waals surface area contributed by atoms with Crippen molar-refractivity contribution in [1.82, 2.24) is 15.1 Å². The molecule has 0 aliphatic carbocycles. The van der Waals surface area contributed by atoms with Gasteiger partial charge in [0, 0.05) is 36.7 Å². The highest BCUT2D eigenvalue weighted by molar-refractivity contribution is 5.50. The number of nitro benzene ring substituents is 1. The minimum atomic E-state index is -0.336. The van der Waals surface area contributed by atoms with Gasteiger partial charge in [0.2, 0.25) is 0 Å². The first-order valence-corrected chi connectivity index (χ1v) is 7.17. The molecule has 3 rings (SSSR count). The number of aromatic nitrogens is 2. The summed E-state index contributed by atoms with van der Waals surface area (Å²) in [5, 5.41) is 19.1. The molecule has 110 valence electrons. The quantitative estimate of drug-likeness (QED) is 0.694. The van der Waals surface area contributed by atoms with Crippen molar-refractivity contribution in [3.8, 4) is 5.69 Å². The van der Waals surface area contributed by atoms with Crippen LogP contribution >= 0.6 is 0 Å². The second kappa shape index (κ2) is 5.29. The van der Waals surface area contributed by atoms with E-state index in [0.29, 0.717) is 5.56 Å². The highest BCUT2D eigenvalue weighted by Crippen LogP contribution is 2.26. The highest BCUT2D eigenvalue weighted by atomic mass is 16.6. The van der Waals surface area contributed by atoms with Crippen LogP contribution in [0, 0.1) is 17.0 Å². The van der Waals surface area contributed by atoms with Gasteiger partial charge in [0.15, 0.2) is 0 Å². The average Bonchev–Trinajstić information content (AvgIpc) is 2.86. The van der Waals surface area contributed by atoms with Crippen LogP contribution in [0.3, 0.4) is 0 Å². The van der Waals surface area contributed by atoms with E-state index >= 15 is 0 Å². The van der Waals surface area contributed by atoms with Crippen molar-refractivity contribution < 1.29 is 4.92 Å². The van der Waals surface area contributed by atoms with E-state index in [-0.39, 0.29) is 10.6 Å². The SMILES string of the molecule is CCc1nn(-c2ccc(C)c([N+](=O)[O-])c2)c2c1CNCC2. The molecule has 2 aromatic rings. The van der Waals surface area contributed by atoms with Crippen LogP contribution in [-0.4, -0.2) is 21.2 Å². The fraction of sp³-hybridized carbons (Fsp3) is 0.400. The molecular formula is C15H18N4O2. The van der Waals surface area contributed by atoms with Gasteiger partial charge in [-0.3, -0.25) is 10.1 Å². The molecule has 1 aromatic carbocycles. The summed E-state index contributed by atoms with van der Waals surface area (Å²) in [6.45, 7) is 5.57. The summed E-state index contributed by atoms with van der Waals surface area (Å²) in [6.07, 6.45) is 1.76. The molecule has 0 saturated carbocycles. The number of fused-ring (bicyclic) bond motifs is 1. The Bertz CT molecular complexity index is 706. The summed E-state index contributed by atoms with van der Waals surface area (Å²) in [7, 11) is 0. The Kier molecular flexibility index (Phi) is 3.47. The predicted molar refractivity (Wildman–Crippen MR) is 79.7 cm³/mol. The largest absolute Gasteiger partial charge is 0.312 e. The zero-order chi connectivity index (χ0) is 15.0. The van der Waals surface area contributed by atoms with Crippen LogP contribution in [0.15, 0.2) is 18.2 Å². The van der Waals surface area contributed by atoms with E-state index in [2.05, 4.69) is 17.3 Å². The van der Waals surface area contributed by atoms with E-state index in [1.165, 1.54) is 11.3 Å². The van der Waals surface area contributed by atoms with Crippen molar-refractivity contribution in [1.29, 1.82) is 0 Å². The van der Waals surface area contributed by atoms with Gasteiger partial charge in [0.25, 0.3) is 5.69 Å². The molecule has 0 amide bonds. The zero-order valence-electron chi connectivity index (χ0n) is 12.2. The molecule has 0 unspecified atom stereocenters. The Morgan fingerprint density at radius 3 is 3.00 bits per heavy atom. The number of rotatable bonds is 3. The smallest absolute Gasteiger partial charge is 0.274 e. The van der Waals surface area contributed by atoms with Crippen LogP contribution in [0.5, 0.6) is 0 Å². The Morgan fingerprint density at radius 2 is 2.29 bits per heavy atom. The van der Waals surface area contributed by atoms with Gasteiger partial charge in [-0.25, -0.2) is 4.68 Å². The van der Waals surface area contributed by atoms with Crippen molar-refractivity contribution in [2.75, 3.05) is 6.54 Å². The number of hydrogen-bond acceptors (Lipinski definition) is 4. The van der Waals surface area contributed by atoms with Crippen LogP contribution in [0.2, 0.25) is 0 Å². The lowest BCUT2D eigenvalue weighted by molar-refractivity contribution is -0.385. The van der Waals surface area contributed by atoms with Crippen molar-refractivity contribution >= 4 is 5.69 Å². The van der Waals surface area contributed by atoms with Gasteiger partial charge in [-0.2, -0.15) is 5.10 Å². The van der Waals surface area contributed by atoms with E-state index in [0.717, 1.165) is 37.3 Å². The lowest BCUT2D eigenvalue weighted by atomic mass is 10.1. The van der Waals surface area contributed by atoms with Gasteiger partial charge in [-0.1, -0.05) is 13.0 Å². The first kappa shape index (κ1) is 13.8. The lowest BCUT2D eigenvalue weighted by Gasteiger charge is -2.15. The molecule has 21 heavy (non-hydrogen) atoms. The van der Waals surface area contributed by atoms with Crippen molar-refractivity contribution in [2.24, 2.45) is 0 Å². The summed E-state index contributed by atoms with van der Waals surface area (Å²) in [4.78, 5) is 10.8. The standard InChI is InChI=1S/C15H18N4O2/c1-3-13-12-9-16-7-6-14(12)18(17-13)11-5-4-10(2)15(8-11)19(20)21/h4-5,8,16H,3,6-7,9H2,1-2H3. The molecular weight excluding hydrogens is 268 g/mol. The van der Waals surface area contributed by atoms with E-state index in [1.54, 1.807) is 19.1 Å².